The van der Waals surface area contributed by atoms with Crippen molar-refractivity contribution in [1.82, 2.24) is 5.43 Å². The molecule has 0 amide bonds. The van der Waals surface area contributed by atoms with E-state index in [2.05, 4.69) is 5.43 Å². The largest absolute Gasteiger partial charge is 0.381 e. The summed E-state index contributed by atoms with van der Waals surface area (Å²) >= 11 is 0. The van der Waals surface area contributed by atoms with E-state index in [0.29, 0.717) is 12.5 Å². The van der Waals surface area contributed by atoms with Gasteiger partial charge in [0.2, 0.25) is 0 Å². The van der Waals surface area contributed by atoms with E-state index in [1.165, 1.54) is 0 Å². The second-order valence-corrected chi connectivity index (χ2v) is 3.38. The minimum atomic E-state index is 0.281. The monoisotopic (exact) mass is 188 g/mol. The summed E-state index contributed by atoms with van der Waals surface area (Å²) in [7, 11) is 0. The van der Waals surface area contributed by atoms with Crippen LogP contribution in [0.4, 0.5) is 0 Å². The molecule has 0 radical (unpaired) electrons. The Morgan fingerprint density at radius 1 is 1.54 bits per heavy atom. The van der Waals surface area contributed by atoms with Crippen molar-refractivity contribution in [3.8, 4) is 0 Å². The first-order chi connectivity index (χ1) is 6.38. The van der Waals surface area contributed by atoms with E-state index in [1.807, 2.05) is 6.92 Å². The summed E-state index contributed by atoms with van der Waals surface area (Å²) in [5, 5.41) is 0. The highest BCUT2D eigenvalue weighted by molar-refractivity contribution is 4.76. The van der Waals surface area contributed by atoms with E-state index >= 15 is 0 Å². The first-order valence-electron chi connectivity index (χ1n) is 5.00. The van der Waals surface area contributed by atoms with Gasteiger partial charge in [0.1, 0.15) is 0 Å². The van der Waals surface area contributed by atoms with E-state index in [-0.39, 0.29) is 6.04 Å². The highest BCUT2D eigenvalue weighted by Crippen LogP contribution is 2.18. The summed E-state index contributed by atoms with van der Waals surface area (Å²) < 4.78 is 10.6. The van der Waals surface area contributed by atoms with Crippen molar-refractivity contribution in [3.63, 3.8) is 0 Å². The van der Waals surface area contributed by atoms with Gasteiger partial charge in [0.15, 0.2) is 0 Å². The van der Waals surface area contributed by atoms with E-state index in [4.69, 9.17) is 15.3 Å². The SMILES string of the molecule is CCOCC(NN)C1CCOCC1. The van der Waals surface area contributed by atoms with E-state index in [1.54, 1.807) is 0 Å². The van der Waals surface area contributed by atoms with Gasteiger partial charge in [-0.05, 0) is 25.7 Å². The van der Waals surface area contributed by atoms with Crippen LogP contribution in [0.3, 0.4) is 0 Å². The molecule has 4 nitrogen and oxygen atoms in total. The van der Waals surface area contributed by atoms with Gasteiger partial charge in [-0.15, -0.1) is 0 Å². The van der Waals surface area contributed by atoms with Crippen molar-refractivity contribution in [2.45, 2.75) is 25.8 Å². The maximum atomic E-state index is 5.47. The Morgan fingerprint density at radius 3 is 2.77 bits per heavy atom. The number of hydrogen-bond donors (Lipinski definition) is 2. The molecule has 1 rings (SSSR count). The first-order valence-corrected chi connectivity index (χ1v) is 5.00. The third-order valence-electron chi connectivity index (χ3n) is 2.55. The molecule has 1 unspecified atom stereocenters. The number of hydrogen-bond acceptors (Lipinski definition) is 4. The van der Waals surface area contributed by atoms with Crippen LogP contribution in [-0.2, 0) is 9.47 Å². The van der Waals surface area contributed by atoms with Gasteiger partial charge >= 0.3 is 0 Å². The fraction of sp³-hybridized carbons (Fsp3) is 1.00. The molecular formula is C9H20N2O2. The van der Waals surface area contributed by atoms with Crippen molar-refractivity contribution in [2.75, 3.05) is 26.4 Å². The Bertz CT molecular complexity index is 127. The Balaban J connectivity index is 2.26. The molecule has 1 heterocycles. The predicted molar refractivity (Wildman–Crippen MR) is 51.1 cm³/mol. The normalized spacial score (nSPS) is 21.7. The van der Waals surface area contributed by atoms with Crippen LogP contribution in [0.1, 0.15) is 19.8 Å². The zero-order valence-electron chi connectivity index (χ0n) is 8.29. The van der Waals surface area contributed by atoms with Gasteiger partial charge in [0.05, 0.1) is 6.61 Å². The topological polar surface area (TPSA) is 56.5 Å². The van der Waals surface area contributed by atoms with Crippen molar-refractivity contribution in [3.05, 3.63) is 0 Å². The quantitative estimate of drug-likeness (QED) is 0.480. The number of nitrogens with two attached hydrogens (primary N) is 1. The van der Waals surface area contributed by atoms with Gasteiger partial charge < -0.3 is 9.47 Å². The fourth-order valence-corrected chi connectivity index (χ4v) is 1.68. The second-order valence-electron chi connectivity index (χ2n) is 3.38. The first kappa shape index (κ1) is 10.9. The average Bonchev–Trinajstić information content (AvgIpc) is 2.21. The second kappa shape index (κ2) is 6.32. The average molecular weight is 188 g/mol. The van der Waals surface area contributed by atoms with Crippen LogP contribution in [0.25, 0.3) is 0 Å². The molecule has 13 heavy (non-hydrogen) atoms. The molecule has 0 bridgehead atoms. The summed E-state index contributed by atoms with van der Waals surface area (Å²) in [6.45, 7) is 5.17. The molecule has 0 aromatic rings. The third kappa shape index (κ3) is 3.60. The molecule has 1 aliphatic heterocycles. The number of hydrazine groups is 1. The molecule has 1 saturated heterocycles. The highest BCUT2D eigenvalue weighted by atomic mass is 16.5. The van der Waals surface area contributed by atoms with Crippen LogP contribution in [0.2, 0.25) is 0 Å². The van der Waals surface area contributed by atoms with Crippen LogP contribution >= 0.6 is 0 Å². The fourth-order valence-electron chi connectivity index (χ4n) is 1.68. The molecule has 3 N–H and O–H groups in total. The lowest BCUT2D eigenvalue weighted by molar-refractivity contribution is 0.0310. The van der Waals surface area contributed by atoms with Crippen molar-refractivity contribution in [1.29, 1.82) is 0 Å². The van der Waals surface area contributed by atoms with Crippen LogP contribution in [-0.4, -0.2) is 32.5 Å². The van der Waals surface area contributed by atoms with E-state index in [0.717, 1.165) is 32.7 Å². The zero-order valence-corrected chi connectivity index (χ0v) is 8.29. The Labute approximate surface area is 79.7 Å². The lowest BCUT2D eigenvalue weighted by Gasteiger charge is -2.29. The highest BCUT2D eigenvalue weighted by Gasteiger charge is 2.22. The predicted octanol–water partition coefficient (Wildman–Crippen LogP) is 0.281. The molecule has 0 saturated carbocycles. The van der Waals surface area contributed by atoms with Crippen LogP contribution < -0.4 is 11.3 Å². The van der Waals surface area contributed by atoms with Gasteiger partial charge in [-0.25, -0.2) is 0 Å². The lowest BCUT2D eigenvalue weighted by atomic mass is 9.93. The lowest BCUT2D eigenvalue weighted by Crippen LogP contribution is -2.45. The summed E-state index contributed by atoms with van der Waals surface area (Å²) in [5.41, 5.74) is 2.83. The number of rotatable bonds is 5. The molecule has 0 spiro atoms. The van der Waals surface area contributed by atoms with Crippen molar-refractivity contribution >= 4 is 0 Å². The van der Waals surface area contributed by atoms with Crippen LogP contribution in [0, 0.1) is 5.92 Å². The molecule has 4 heteroatoms. The summed E-state index contributed by atoms with van der Waals surface area (Å²) in [5.74, 6) is 6.08. The third-order valence-corrected chi connectivity index (χ3v) is 2.55. The van der Waals surface area contributed by atoms with Crippen LogP contribution in [0.15, 0.2) is 0 Å². The van der Waals surface area contributed by atoms with Gasteiger partial charge in [-0.3, -0.25) is 11.3 Å². The maximum Gasteiger partial charge on any atom is 0.0635 e. The molecule has 1 aliphatic rings. The van der Waals surface area contributed by atoms with Gasteiger partial charge in [-0.2, -0.15) is 0 Å². The minimum Gasteiger partial charge on any atom is -0.381 e. The van der Waals surface area contributed by atoms with Gasteiger partial charge in [0, 0.05) is 25.9 Å². The Morgan fingerprint density at radius 2 is 2.23 bits per heavy atom. The standard InChI is InChI=1S/C9H20N2O2/c1-2-12-7-9(11-10)8-3-5-13-6-4-8/h8-9,11H,2-7,10H2,1H3. The van der Waals surface area contributed by atoms with Crippen LogP contribution in [0.5, 0.6) is 0 Å². The summed E-state index contributed by atoms with van der Waals surface area (Å²) in [6, 6.07) is 0.281. The molecule has 0 aliphatic carbocycles. The van der Waals surface area contributed by atoms with Gasteiger partial charge in [-0.1, -0.05) is 0 Å². The molecular weight excluding hydrogens is 168 g/mol. The molecule has 0 aromatic heterocycles. The molecule has 1 fully saturated rings. The Kier molecular flexibility index (Phi) is 5.31. The minimum absolute atomic E-state index is 0.281. The van der Waals surface area contributed by atoms with Gasteiger partial charge in [0.25, 0.3) is 0 Å². The Hall–Kier alpha value is -0.160. The summed E-state index contributed by atoms with van der Waals surface area (Å²) in [6.07, 6.45) is 2.17. The molecule has 1 atom stereocenters. The molecule has 0 aromatic carbocycles. The van der Waals surface area contributed by atoms with Crippen molar-refractivity contribution in [2.24, 2.45) is 11.8 Å². The number of ether oxygens (including phenoxy) is 2. The molecule has 78 valence electrons. The van der Waals surface area contributed by atoms with E-state index in [9.17, 15) is 0 Å². The summed E-state index contributed by atoms with van der Waals surface area (Å²) in [4.78, 5) is 0. The smallest absolute Gasteiger partial charge is 0.0635 e. The van der Waals surface area contributed by atoms with E-state index < -0.39 is 0 Å². The zero-order chi connectivity index (χ0) is 9.52. The maximum absolute atomic E-state index is 5.47. The number of nitrogens with one attached hydrogen (secondary N) is 1. The van der Waals surface area contributed by atoms with Crippen molar-refractivity contribution < 1.29 is 9.47 Å².